The van der Waals surface area contributed by atoms with Crippen LogP contribution in [-0.2, 0) is 13.0 Å². The fourth-order valence-electron chi connectivity index (χ4n) is 3.58. The lowest BCUT2D eigenvalue weighted by Crippen LogP contribution is -2.32. The standard InChI is InChI=1S/C24H24N2O2/c1-18(25-24(27)23-12-7-15-28-23)13-14-20-17-26(16-19-8-3-2-4-9-19)22-11-6-5-10-21(20)22/h2-12,15,17-18H,13-14,16H2,1H3,(H,25,27)/t18-/m1/s1. The molecule has 1 N–H and O–H groups in total. The van der Waals surface area contributed by atoms with Crippen molar-refractivity contribution in [3.63, 3.8) is 0 Å². The molecule has 0 spiro atoms. The third-order valence-corrected chi connectivity index (χ3v) is 5.04. The molecule has 0 radical (unpaired) electrons. The molecule has 0 saturated carbocycles. The van der Waals surface area contributed by atoms with Crippen LogP contribution in [0.15, 0.2) is 83.6 Å². The number of benzene rings is 2. The molecule has 0 unspecified atom stereocenters. The Balaban J connectivity index is 1.47. The highest BCUT2D eigenvalue weighted by atomic mass is 16.3. The molecular weight excluding hydrogens is 348 g/mol. The van der Waals surface area contributed by atoms with E-state index in [-0.39, 0.29) is 11.9 Å². The zero-order valence-corrected chi connectivity index (χ0v) is 16.0. The number of fused-ring (bicyclic) bond motifs is 1. The number of amides is 1. The topological polar surface area (TPSA) is 47.2 Å². The number of rotatable bonds is 7. The van der Waals surface area contributed by atoms with Crippen LogP contribution in [0.3, 0.4) is 0 Å². The van der Waals surface area contributed by atoms with Gasteiger partial charge in [-0.15, -0.1) is 0 Å². The van der Waals surface area contributed by atoms with Crippen LogP contribution in [0, 0.1) is 0 Å². The number of carbonyl (C=O) groups excluding carboxylic acids is 1. The molecule has 28 heavy (non-hydrogen) atoms. The summed E-state index contributed by atoms with van der Waals surface area (Å²) in [6.45, 7) is 2.89. The molecule has 0 aliphatic carbocycles. The van der Waals surface area contributed by atoms with Crippen LogP contribution in [0.1, 0.15) is 35.0 Å². The Kier molecular flexibility index (Phi) is 5.29. The predicted octanol–water partition coefficient (Wildman–Crippen LogP) is 5.03. The van der Waals surface area contributed by atoms with Crippen molar-refractivity contribution in [3.8, 4) is 0 Å². The van der Waals surface area contributed by atoms with Crippen LogP contribution in [0.5, 0.6) is 0 Å². The molecule has 142 valence electrons. The first-order chi connectivity index (χ1) is 13.7. The van der Waals surface area contributed by atoms with Gasteiger partial charge in [-0.2, -0.15) is 0 Å². The van der Waals surface area contributed by atoms with E-state index in [4.69, 9.17) is 4.42 Å². The third-order valence-electron chi connectivity index (χ3n) is 5.04. The SMILES string of the molecule is C[C@H](CCc1cn(Cc2ccccc2)c2ccccc12)NC(=O)c1ccco1. The van der Waals surface area contributed by atoms with Gasteiger partial charge in [0.1, 0.15) is 0 Å². The van der Waals surface area contributed by atoms with E-state index in [2.05, 4.69) is 64.6 Å². The molecule has 0 bridgehead atoms. The van der Waals surface area contributed by atoms with Crippen LogP contribution in [0.25, 0.3) is 10.9 Å². The molecule has 0 fully saturated rings. The highest BCUT2D eigenvalue weighted by Gasteiger charge is 2.14. The van der Waals surface area contributed by atoms with Crippen molar-refractivity contribution in [1.29, 1.82) is 0 Å². The van der Waals surface area contributed by atoms with Gasteiger partial charge in [0.15, 0.2) is 5.76 Å². The first-order valence-corrected chi connectivity index (χ1v) is 9.66. The summed E-state index contributed by atoms with van der Waals surface area (Å²) in [7, 11) is 0. The van der Waals surface area contributed by atoms with Crippen molar-refractivity contribution in [2.24, 2.45) is 0 Å². The minimum absolute atomic E-state index is 0.0637. The average molecular weight is 372 g/mol. The fourth-order valence-corrected chi connectivity index (χ4v) is 3.58. The summed E-state index contributed by atoms with van der Waals surface area (Å²) >= 11 is 0. The lowest BCUT2D eigenvalue weighted by Gasteiger charge is -2.12. The van der Waals surface area contributed by atoms with Crippen molar-refractivity contribution < 1.29 is 9.21 Å². The zero-order valence-electron chi connectivity index (χ0n) is 16.0. The maximum Gasteiger partial charge on any atom is 0.287 e. The van der Waals surface area contributed by atoms with E-state index in [1.807, 2.05) is 13.0 Å². The molecule has 1 amide bonds. The van der Waals surface area contributed by atoms with Gasteiger partial charge < -0.3 is 14.3 Å². The van der Waals surface area contributed by atoms with E-state index in [1.165, 1.54) is 28.3 Å². The van der Waals surface area contributed by atoms with Crippen molar-refractivity contribution in [3.05, 3.63) is 96.1 Å². The first-order valence-electron chi connectivity index (χ1n) is 9.66. The van der Waals surface area contributed by atoms with Crippen molar-refractivity contribution >= 4 is 16.8 Å². The maximum absolute atomic E-state index is 12.1. The predicted molar refractivity (Wildman–Crippen MR) is 111 cm³/mol. The minimum atomic E-state index is -0.163. The van der Waals surface area contributed by atoms with Crippen LogP contribution >= 0.6 is 0 Å². The van der Waals surface area contributed by atoms with E-state index in [0.29, 0.717) is 5.76 Å². The summed E-state index contributed by atoms with van der Waals surface area (Å²) in [5, 5.41) is 4.29. The molecule has 2 aromatic heterocycles. The number of nitrogens with zero attached hydrogens (tertiary/aromatic N) is 1. The number of hydrogen-bond acceptors (Lipinski definition) is 2. The van der Waals surface area contributed by atoms with Gasteiger partial charge in [0, 0.05) is 29.7 Å². The van der Waals surface area contributed by atoms with E-state index in [9.17, 15) is 4.79 Å². The number of nitrogens with one attached hydrogen (secondary N) is 1. The first kappa shape index (κ1) is 18.1. The lowest BCUT2D eigenvalue weighted by molar-refractivity contribution is 0.0910. The van der Waals surface area contributed by atoms with Crippen LogP contribution in [0.2, 0.25) is 0 Å². The second kappa shape index (κ2) is 8.17. The van der Waals surface area contributed by atoms with E-state index in [0.717, 1.165) is 19.4 Å². The molecule has 2 heterocycles. The Morgan fingerprint density at radius 2 is 1.82 bits per heavy atom. The van der Waals surface area contributed by atoms with Gasteiger partial charge in [0.2, 0.25) is 0 Å². The molecule has 4 heteroatoms. The number of furan rings is 1. The third kappa shape index (κ3) is 4.01. The lowest BCUT2D eigenvalue weighted by atomic mass is 10.1. The number of aryl methyl sites for hydroxylation is 1. The quantitative estimate of drug-likeness (QED) is 0.494. The van der Waals surface area contributed by atoms with Gasteiger partial charge in [-0.05, 0) is 49.1 Å². The molecule has 0 aliphatic heterocycles. The van der Waals surface area contributed by atoms with Gasteiger partial charge in [-0.25, -0.2) is 0 Å². The summed E-state index contributed by atoms with van der Waals surface area (Å²) in [6.07, 6.45) is 5.54. The second-order valence-electron chi connectivity index (χ2n) is 7.18. The summed E-state index contributed by atoms with van der Waals surface area (Å²) in [4.78, 5) is 12.1. The Bertz CT molecular complexity index is 1050. The van der Waals surface area contributed by atoms with Gasteiger partial charge >= 0.3 is 0 Å². The van der Waals surface area contributed by atoms with Crippen molar-refractivity contribution in [2.75, 3.05) is 0 Å². The summed E-state index contributed by atoms with van der Waals surface area (Å²) in [6, 6.07) is 22.5. The second-order valence-corrected chi connectivity index (χ2v) is 7.18. The highest BCUT2D eigenvalue weighted by Crippen LogP contribution is 2.24. The van der Waals surface area contributed by atoms with Gasteiger partial charge in [-0.1, -0.05) is 48.5 Å². The molecule has 2 aromatic carbocycles. The molecule has 0 saturated heterocycles. The Morgan fingerprint density at radius 3 is 2.61 bits per heavy atom. The Labute approximate surface area is 164 Å². The van der Waals surface area contributed by atoms with E-state index in [1.54, 1.807) is 12.1 Å². The summed E-state index contributed by atoms with van der Waals surface area (Å²) < 4.78 is 7.47. The smallest absolute Gasteiger partial charge is 0.287 e. The number of carbonyl (C=O) groups is 1. The molecule has 4 nitrogen and oxygen atoms in total. The zero-order chi connectivity index (χ0) is 19.3. The van der Waals surface area contributed by atoms with Gasteiger partial charge in [0.25, 0.3) is 5.91 Å². The van der Waals surface area contributed by atoms with E-state index < -0.39 is 0 Å². The monoisotopic (exact) mass is 372 g/mol. The largest absolute Gasteiger partial charge is 0.459 e. The maximum atomic E-state index is 12.1. The Morgan fingerprint density at radius 1 is 1.04 bits per heavy atom. The van der Waals surface area contributed by atoms with Crippen molar-refractivity contribution in [2.45, 2.75) is 32.4 Å². The number of hydrogen-bond donors (Lipinski definition) is 1. The molecule has 1 atom stereocenters. The normalized spacial score (nSPS) is 12.2. The minimum Gasteiger partial charge on any atom is -0.459 e. The van der Waals surface area contributed by atoms with Crippen molar-refractivity contribution in [1.82, 2.24) is 9.88 Å². The molecule has 0 aliphatic rings. The van der Waals surface area contributed by atoms with Crippen LogP contribution < -0.4 is 5.32 Å². The van der Waals surface area contributed by atoms with Gasteiger partial charge in [0.05, 0.1) is 6.26 Å². The van der Waals surface area contributed by atoms with Gasteiger partial charge in [-0.3, -0.25) is 4.79 Å². The van der Waals surface area contributed by atoms with E-state index >= 15 is 0 Å². The Hall–Kier alpha value is -3.27. The number of para-hydroxylation sites is 1. The molecule has 4 rings (SSSR count). The van der Waals surface area contributed by atoms with Crippen LogP contribution in [0.4, 0.5) is 0 Å². The highest BCUT2D eigenvalue weighted by molar-refractivity contribution is 5.91. The summed E-state index contributed by atoms with van der Waals surface area (Å²) in [5.74, 6) is 0.190. The number of aromatic nitrogens is 1. The fraction of sp³-hybridized carbons (Fsp3) is 0.208. The average Bonchev–Trinajstić information content (AvgIpc) is 3.36. The summed E-state index contributed by atoms with van der Waals surface area (Å²) in [5.41, 5.74) is 3.84. The van der Waals surface area contributed by atoms with Crippen LogP contribution in [-0.4, -0.2) is 16.5 Å². The molecular formula is C24H24N2O2. The molecule has 4 aromatic rings.